The van der Waals surface area contributed by atoms with Crippen LogP contribution in [0.2, 0.25) is 0 Å². The molecule has 0 saturated heterocycles. The van der Waals surface area contributed by atoms with Crippen molar-refractivity contribution in [1.82, 2.24) is 18.3 Å². The van der Waals surface area contributed by atoms with Gasteiger partial charge in [0.15, 0.2) is 0 Å². The van der Waals surface area contributed by atoms with Crippen LogP contribution in [0.4, 0.5) is 11.6 Å². The summed E-state index contributed by atoms with van der Waals surface area (Å²) in [4.78, 5) is 45.2. The summed E-state index contributed by atoms with van der Waals surface area (Å²) in [6.07, 6.45) is 3.47. The second-order valence-corrected chi connectivity index (χ2v) is 13.5. The Kier molecular flexibility index (Phi) is 10.6. The lowest BCUT2D eigenvalue weighted by Gasteiger charge is -2.07. The molecule has 0 spiro atoms. The van der Waals surface area contributed by atoms with E-state index in [4.69, 9.17) is 12.2 Å². The van der Waals surface area contributed by atoms with Crippen LogP contribution in [0.3, 0.4) is 0 Å². The summed E-state index contributed by atoms with van der Waals surface area (Å²) in [7, 11) is 6.63. The molecule has 0 amide bonds. The van der Waals surface area contributed by atoms with E-state index in [-0.39, 0.29) is 16.9 Å². The predicted molar refractivity (Wildman–Crippen MR) is 190 cm³/mol. The van der Waals surface area contributed by atoms with E-state index in [1.54, 1.807) is 49.2 Å². The van der Waals surface area contributed by atoms with E-state index >= 15 is 0 Å². The molecule has 2 aromatic heterocycles. The fraction of sp³-hybridized carbons (Fsp3) is 0.333. The molecule has 4 aromatic rings. The molecule has 0 N–H and O–H groups in total. The van der Waals surface area contributed by atoms with E-state index < -0.39 is 0 Å². The summed E-state index contributed by atoms with van der Waals surface area (Å²) in [6.45, 7) is 0. The molecule has 0 unspecified atom stereocenters. The lowest BCUT2D eigenvalue weighted by molar-refractivity contribution is 0.682. The molecule has 0 aliphatic carbocycles. The van der Waals surface area contributed by atoms with Crippen LogP contribution in [-0.2, 0) is 53.2 Å². The van der Waals surface area contributed by atoms with E-state index in [9.17, 15) is 14.4 Å². The van der Waals surface area contributed by atoms with Crippen molar-refractivity contribution in [3.8, 4) is 0 Å². The smallest absolute Gasteiger partial charge is 0.287 e. The number of hydrogen-bond donors (Lipinski definition) is 0. The van der Waals surface area contributed by atoms with Crippen LogP contribution in [0.5, 0.6) is 0 Å². The minimum absolute atomic E-state index is 0.118. The Morgan fingerprint density at radius 1 is 0.711 bits per heavy atom. The maximum absolute atomic E-state index is 12.1. The molecule has 12 heteroatoms. The van der Waals surface area contributed by atoms with Crippen LogP contribution in [0.1, 0.15) is 28.7 Å². The number of aliphatic imine (C=N–C) groups is 2. The van der Waals surface area contributed by atoms with Crippen molar-refractivity contribution >= 4 is 58.1 Å². The summed E-state index contributed by atoms with van der Waals surface area (Å²) in [5.41, 5.74) is 4.53. The van der Waals surface area contributed by atoms with Crippen molar-refractivity contribution in [2.75, 3.05) is 11.5 Å². The van der Waals surface area contributed by atoms with Gasteiger partial charge in [-0.25, -0.2) is 19.6 Å². The highest BCUT2D eigenvalue weighted by Crippen LogP contribution is 2.30. The number of nitrogens with zero attached hydrogens (tertiary/aromatic N) is 6. The van der Waals surface area contributed by atoms with Crippen molar-refractivity contribution in [1.29, 1.82) is 0 Å². The Balaban J connectivity index is 0.000000178. The highest BCUT2D eigenvalue weighted by atomic mass is 32.2. The quantitative estimate of drug-likeness (QED) is 0.194. The fourth-order valence-corrected chi connectivity index (χ4v) is 7.34. The lowest BCUT2D eigenvalue weighted by atomic mass is 10.1. The Morgan fingerprint density at radius 2 is 1.31 bits per heavy atom. The largest absolute Gasteiger partial charge is 0.332 e. The Hall–Kier alpha value is -3.74. The van der Waals surface area contributed by atoms with Crippen molar-refractivity contribution in [3.05, 3.63) is 119 Å². The summed E-state index contributed by atoms with van der Waals surface area (Å²) >= 11 is 8.92. The van der Waals surface area contributed by atoms with Gasteiger partial charge in [-0.2, -0.15) is 11.8 Å². The number of aryl methyl sites for hydroxylation is 1. The van der Waals surface area contributed by atoms with Crippen molar-refractivity contribution < 1.29 is 0 Å². The number of rotatable bonds is 8. The molecule has 2 aliphatic rings. The van der Waals surface area contributed by atoms with Gasteiger partial charge < -0.3 is 0 Å². The first-order valence-corrected chi connectivity index (χ1v) is 17.2. The highest BCUT2D eigenvalue weighted by molar-refractivity contribution is 8.14. The molecular weight excluding hydrogens is 625 g/mol. The average molecular weight is 661 g/mol. The molecule has 9 nitrogen and oxygen atoms in total. The Morgan fingerprint density at radius 3 is 1.98 bits per heavy atom. The molecule has 0 radical (unpaired) electrons. The fourth-order valence-electron chi connectivity index (χ4n) is 5.24. The summed E-state index contributed by atoms with van der Waals surface area (Å²) in [6, 6.07) is 20.8. The molecule has 234 valence electrons. The van der Waals surface area contributed by atoms with Gasteiger partial charge in [0.2, 0.25) is 0 Å². The highest BCUT2D eigenvalue weighted by Gasteiger charge is 2.23. The van der Waals surface area contributed by atoms with Gasteiger partial charge in [-0.1, -0.05) is 72.9 Å². The van der Waals surface area contributed by atoms with Crippen molar-refractivity contribution in [2.24, 2.45) is 38.2 Å². The maximum Gasteiger partial charge on any atom is 0.332 e. The van der Waals surface area contributed by atoms with Crippen LogP contribution in [-0.4, -0.2) is 40.5 Å². The van der Waals surface area contributed by atoms with Crippen LogP contribution in [0.15, 0.2) is 85.0 Å². The second-order valence-electron chi connectivity index (χ2n) is 11.0. The molecule has 4 heterocycles. The third-order valence-corrected chi connectivity index (χ3v) is 10.4. The van der Waals surface area contributed by atoms with Gasteiger partial charge in [-0.3, -0.25) is 23.1 Å². The van der Waals surface area contributed by atoms with Crippen LogP contribution >= 0.6 is 35.7 Å². The predicted octanol–water partition coefficient (Wildman–Crippen LogP) is 5.05. The number of fused-ring (bicyclic) bond motifs is 2. The monoisotopic (exact) mass is 660 g/mol. The van der Waals surface area contributed by atoms with Crippen LogP contribution < -0.4 is 16.9 Å². The van der Waals surface area contributed by atoms with Crippen LogP contribution in [0, 0.1) is 4.64 Å². The molecule has 0 bridgehead atoms. The number of thioether (sulfide) groups is 2. The first kappa shape index (κ1) is 32.6. The maximum atomic E-state index is 12.1. The average Bonchev–Trinajstić information content (AvgIpc) is 3.69. The zero-order valence-electron chi connectivity index (χ0n) is 25.9. The van der Waals surface area contributed by atoms with Gasteiger partial charge in [0.05, 0.1) is 10.6 Å². The van der Waals surface area contributed by atoms with Gasteiger partial charge in [0, 0.05) is 63.8 Å². The minimum atomic E-state index is -0.328. The van der Waals surface area contributed by atoms with E-state index in [1.807, 2.05) is 24.3 Å². The molecule has 6 rings (SSSR count). The van der Waals surface area contributed by atoms with Gasteiger partial charge in [0.1, 0.15) is 16.3 Å². The van der Waals surface area contributed by atoms with Gasteiger partial charge in [-0.05, 0) is 29.7 Å². The van der Waals surface area contributed by atoms with Crippen molar-refractivity contribution in [3.63, 3.8) is 0 Å². The molecule has 45 heavy (non-hydrogen) atoms. The Labute approximate surface area is 275 Å². The SMILES string of the molecule is Cn1c2c(c(=O)n(C)c1=O)CC(CSCc1ccccc1)=N2.Cn1c2c(c(=S)n(C)c1=O)CC(SCCCc1ccccc1)=N2. The van der Waals surface area contributed by atoms with E-state index in [0.29, 0.717) is 22.4 Å². The first-order chi connectivity index (χ1) is 21.7. The number of hydrogen-bond acceptors (Lipinski definition) is 8. The molecule has 2 aliphatic heterocycles. The topological polar surface area (TPSA) is 95.6 Å². The van der Waals surface area contributed by atoms with Gasteiger partial charge >= 0.3 is 11.4 Å². The van der Waals surface area contributed by atoms with Gasteiger partial charge in [-0.15, -0.1) is 11.8 Å². The summed E-state index contributed by atoms with van der Waals surface area (Å²) in [5.74, 6) is 3.94. The zero-order valence-corrected chi connectivity index (χ0v) is 28.3. The van der Waals surface area contributed by atoms with E-state index in [1.165, 1.54) is 27.3 Å². The minimum Gasteiger partial charge on any atom is -0.287 e. The van der Waals surface area contributed by atoms with E-state index in [0.717, 1.165) is 63.2 Å². The number of aromatic nitrogens is 4. The summed E-state index contributed by atoms with van der Waals surface area (Å²) < 4.78 is 6.31. The van der Waals surface area contributed by atoms with Crippen molar-refractivity contribution in [2.45, 2.75) is 31.4 Å². The normalized spacial score (nSPS) is 13.1. The third kappa shape index (κ3) is 7.40. The standard InChI is InChI=1S/C17H19N3OS2.C16H17N3O2S/c1-19-15-13(16(22)20(2)17(19)21)11-14(18-15)23-10-6-9-12-7-4-3-5-8-12;1-18-14-13(15(20)19(2)16(18)21)8-12(17-14)10-22-9-11-6-4-3-5-7-11/h3-5,7-8H,6,9-11H2,1-2H3;3-7H,8-10H2,1-2H3. The molecule has 0 saturated carbocycles. The lowest BCUT2D eigenvalue weighted by Crippen LogP contribution is -2.38. The molecule has 0 atom stereocenters. The second kappa shape index (κ2) is 14.6. The molecule has 2 aromatic carbocycles. The first-order valence-electron chi connectivity index (χ1n) is 14.7. The Bertz CT molecular complexity index is 2010. The summed E-state index contributed by atoms with van der Waals surface area (Å²) in [5, 5.41) is 1.06. The number of benzene rings is 2. The molecule has 0 fully saturated rings. The molecular formula is C33H36N6O3S3. The zero-order chi connectivity index (χ0) is 32.1. The van der Waals surface area contributed by atoms with Crippen LogP contribution in [0.25, 0.3) is 0 Å². The third-order valence-electron chi connectivity index (χ3n) is 7.75. The van der Waals surface area contributed by atoms with Gasteiger partial charge in [0.25, 0.3) is 5.56 Å². The van der Waals surface area contributed by atoms with E-state index in [2.05, 4.69) is 46.4 Å².